The highest BCUT2D eigenvalue weighted by Crippen LogP contribution is 2.18. The van der Waals surface area contributed by atoms with E-state index in [1.165, 1.54) is 0 Å². The molecule has 0 N–H and O–H groups in total. The van der Waals surface area contributed by atoms with E-state index in [9.17, 15) is 4.79 Å². The molecule has 16 heavy (non-hydrogen) atoms. The summed E-state index contributed by atoms with van der Waals surface area (Å²) in [6, 6.07) is 5.94. The zero-order chi connectivity index (χ0) is 10.8. The summed E-state index contributed by atoms with van der Waals surface area (Å²) >= 11 is 3.40. The Balaban J connectivity index is 0.00000128. The summed E-state index contributed by atoms with van der Waals surface area (Å²) in [5, 5.41) is 0.737. The van der Waals surface area contributed by atoms with Crippen LogP contribution in [0.3, 0.4) is 0 Å². The molecule has 86 valence electrons. The molecular formula is C11H12Br2N2O. The van der Waals surface area contributed by atoms with E-state index in [1.54, 1.807) is 0 Å². The Labute approximate surface area is 113 Å². The number of carbonyl (C=O) groups excluding carboxylic acids is 1. The summed E-state index contributed by atoms with van der Waals surface area (Å²) < 4.78 is 2.05. The molecule has 1 heterocycles. The van der Waals surface area contributed by atoms with E-state index in [1.807, 2.05) is 25.2 Å². The molecule has 0 radical (unpaired) electrons. The number of aldehydes is 1. The lowest BCUT2D eigenvalue weighted by Gasteiger charge is -1.98. The van der Waals surface area contributed by atoms with E-state index in [2.05, 4.69) is 25.5 Å². The molecule has 0 spiro atoms. The number of alkyl halides is 1. The van der Waals surface area contributed by atoms with E-state index in [0.29, 0.717) is 6.42 Å². The smallest absolute Gasteiger partial charge is 0.124 e. The van der Waals surface area contributed by atoms with Gasteiger partial charge in [-0.2, -0.15) is 0 Å². The molecule has 0 fully saturated rings. The van der Waals surface area contributed by atoms with E-state index in [4.69, 9.17) is 0 Å². The Hall–Kier alpha value is -0.680. The van der Waals surface area contributed by atoms with Crippen molar-refractivity contribution >= 4 is 50.2 Å². The van der Waals surface area contributed by atoms with Crippen molar-refractivity contribution in [1.29, 1.82) is 0 Å². The molecule has 0 aliphatic carbocycles. The van der Waals surface area contributed by atoms with Gasteiger partial charge < -0.3 is 9.36 Å². The molecule has 3 nitrogen and oxygen atoms in total. The summed E-state index contributed by atoms with van der Waals surface area (Å²) in [5.74, 6) is 0.994. The van der Waals surface area contributed by atoms with Gasteiger partial charge in [0.1, 0.15) is 12.1 Å². The van der Waals surface area contributed by atoms with E-state index < -0.39 is 0 Å². The lowest BCUT2D eigenvalue weighted by atomic mass is 10.1. The van der Waals surface area contributed by atoms with Crippen LogP contribution in [-0.2, 0) is 23.6 Å². The van der Waals surface area contributed by atoms with Gasteiger partial charge in [-0.15, -0.1) is 17.0 Å². The van der Waals surface area contributed by atoms with Crippen LogP contribution in [0.4, 0.5) is 0 Å². The fourth-order valence-corrected chi connectivity index (χ4v) is 2.14. The molecule has 0 aliphatic heterocycles. The molecule has 5 heteroatoms. The van der Waals surface area contributed by atoms with Crippen LogP contribution in [-0.4, -0.2) is 15.8 Å². The average molecular weight is 348 g/mol. The number of carbonyl (C=O) groups is 1. The van der Waals surface area contributed by atoms with Gasteiger partial charge in [-0.1, -0.05) is 22.0 Å². The highest BCUT2D eigenvalue weighted by Gasteiger charge is 2.06. The first-order valence-corrected chi connectivity index (χ1v) is 5.82. The van der Waals surface area contributed by atoms with Crippen LogP contribution >= 0.6 is 32.9 Å². The zero-order valence-electron chi connectivity index (χ0n) is 8.81. The number of benzene rings is 1. The van der Waals surface area contributed by atoms with E-state index in [0.717, 1.165) is 34.0 Å². The number of rotatable bonds is 3. The van der Waals surface area contributed by atoms with Crippen LogP contribution < -0.4 is 0 Å². The van der Waals surface area contributed by atoms with Crippen LogP contribution in [0.15, 0.2) is 18.2 Å². The average Bonchev–Trinajstić information content (AvgIpc) is 2.56. The molecule has 0 saturated heterocycles. The minimum absolute atomic E-state index is 0. The molecule has 2 rings (SSSR count). The fourth-order valence-electron chi connectivity index (χ4n) is 1.64. The van der Waals surface area contributed by atoms with Gasteiger partial charge in [-0.25, -0.2) is 4.98 Å². The standard InChI is InChI=1S/C11H11BrN2O.BrH/c1-14-10-3-2-8(4-5-15)6-9(10)13-11(14)7-12;/h2-3,5-6H,4,7H2,1H3;1H. The second-order valence-electron chi connectivity index (χ2n) is 3.41. The van der Waals surface area contributed by atoms with Crippen molar-refractivity contribution in [2.45, 2.75) is 11.8 Å². The molecule has 1 aromatic carbocycles. The number of fused-ring (bicyclic) bond motifs is 1. The van der Waals surface area contributed by atoms with Crippen LogP contribution in [0, 0.1) is 0 Å². The molecule has 0 aliphatic rings. The van der Waals surface area contributed by atoms with Gasteiger partial charge in [-0.3, -0.25) is 0 Å². The third-order valence-corrected chi connectivity index (χ3v) is 2.98. The number of imidazole rings is 1. The van der Waals surface area contributed by atoms with Crippen molar-refractivity contribution in [3.63, 3.8) is 0 Å². The predicted molar refractivity (Wildman–Crippen MR) is 73.4 cm³/mol. The Morgan fingerprint density at radius 1 is 1.50 bits per heavy atom. The monoisotopic (exact) mass is 346 g/mol. The molecule has 0 bridgehead atoms. The van der Waals surface area contributed by atoms with Crippen LogP contribution in [0.5, 0.6) is 0 Å². The first-order valence-electron chi connectivity index (χ1n) is 4.70. The number of aryl methyl sites for hydroxylation is 1. The van der Waals surface area contributed by atoms with Crippen LogP contribution in [0.2, 0.25) is 0 Å². The SMILES string of the molecule is Br.Cn1c(CBr)nc2cc(CC=O)ccc21. The highest BCUT2D eigenvalue weighted by molar-refractivity contribution is 9.08. The van der Waals surface area contributed by atoms with Crippen molar-refractivity contribution in [3.05, 3.63) is 29.6 Å². The number of nitrogens with zero attached hydrogens (tertiary/aromatic N) is 2. The highest BCUT2D eigenvalue weighted by atomic mass is 79.9. The van der Waals surface area contributed by atoms with Crippen LogP contribution in [0.1, 0.15) is 11.4 Å². The number of halogens is 2. The second kappa shape index (κ2) is 5.59. The molecule has 0 saturated carbocycles. The lowest BCUT2D eigenvalue weighted by Crippen LogP contribution is -1.93. The first kappa shape index (κ1) is 13.4. The second-order valence-corrected chi connectivity index (χ2v) is 3.98. The van der Waals surface area contributed by atoms with Crippen molar-refractivity contribution in [2.75, 3.05) is 0 Å². The molecule has 0 atom stereocenters. The zero-order valence-corrected chi connectivity index (χ0v) is 12.1. The molecule has 0 amide bonds. The lowest BCUT2D eigenvalue weighted by molar-refractivity contribution is -0.107. The summed E-state index contributed by atoms with van der Waals surface area (Å²) in [5.41, 5.74) is 3.06. The third-order valence-electron chi connectivity index (χ3n) is 2.48. The molecule has 1 aromatic heterocycles. The normalized spacial score (nSPS) is 10.1. The van der Waals surface area contributed by atoms with Gasteiger partial charge in [0.2, 0.25) is 0 Å². The van der Waals surface area contributed by atoms with Crippen molar-refractivity contribution in [2.24, 2.45) is 7.05 Å². The van der Waals surface area contributed by atoms with Crippen molar-refractivity contribution < 1.29 is 4.79 Å². The van der Waals surface area contributed by atoms with Gasteiger partial charge in [0.15, 0.2) is 0 Å². The van der Waals surface area contributed by atoms with Gasteiger partial charge >= 0.3 is 0 Å². The summed E-state index contributed by atoms with van der Waals surface area (Å²) in [6.07, 6.45) is 1.37. The number of hydrogen-bond donors (Lipinski definition) is 0. The maximum absolute atomic E-state index is 10.4. The largest absolute Gasteiger partial charge is 0.330 e. The minimum Gasteiger partial charge on any atom is -0.330 e. The fraction of sp³-hybridized carbons (Fsp3) is 0.273. The Morgan fingerprint density at radius 3 is 2.88 bits per heavy atom. The Bertz CT molecular complexity index is 508. The van der Waals surface area contributed by atoms with E-state index >= 15 is 0 Å². The Morgan fingerprint density at radius 2 is 2.25 bits per heavy atom. The molecule has 2 aromatic rings. The molecule has 0 unspecified atom stereocenters. The quantitative estimate of drug-likeness (QED) is 0.632. The predicted octanol–water partition coefficient (Wildman–Crippen LogP) is 2.79. The van der Waals surface area contributed by atoms with Gasteiger partial charge in [0.05, 0.1) is 16.4 Å². The summed E-state index contributed by atoms with van der Waals surface area (Å²) in [4.78, 5) is 14.9. The van der Waals surface area contributed by atoms with Crippen molar-refractivity contribution in [3.8, 4) is 0 Å². The van der Waals surface area contributed by atoms with E-state index in [-0.39, 0.29) is 17.0 Å². The topological polar surface area (TPSA) is 34.9 Å². The van der Waals surface area contributed by atoms with Gasteiger partial charge in [-0.05, 0) is 17.7 Å². The van der Waals surface area contributed by atoms with Crippen molar-refractivity contribution in [1.82, 2.24) is 9.55 Å². The van der Waals surface area contributed by atoms with Gasteiger partial charge in [0, 0.05) is 13.5 Å². The minimum atomic E-state index is 0. The maximum atomic E-state index is 10.4. The maximum Gasteiger partial charge on any atom is 0.124 e. The summed E-state index contributed by atoms with van der Waals surface area (Å²) in [7, 11) is 1.99. The number of aromatic nitrogens is 2. The number of hydrogen-bond acceptors (Lipinski definition) is 2. The Kier molecular flexibility index (Phi) is 4.68. The molecular weight excluding hydrogens is 336 g/mol. The summed E-state index contributed by atoms with van der Waals surface area (Å²) in [6.45, 7) is 0. The first-order chi connectivity index (χ1) is 7.26. The third kappa shape index (κ3) is 2.35. The van der Waals surface area contributed by atoms with Gasteiger partial charge in [0.25, 0.3) is 0 Å². The van der Waals surface area contributed by atoms with Crippen LogP contribution in [0.25, 0.3) is 11.0 Å².